The van der Waals surface area contributed by atoms with Crippen molar-refractivity contribution in [1.29, 1.82) is 0 Å². The summed E-state index contributed by atoms with van der Waals surface area (Å²) in [7, 11) is 1.46. The summed E-state index contributed by atoms with van der Waals surface area (Å²) < 4.78 is 4.86. The minimum Gasteiger partial charge on any atom is -0.469 e. The minimum absolute atomic E-state index is 0.145. The van der Waals surface area contributed by atoms with Crippen LogP contribution in [0.4, 0.5) is 0 Å². The number of nitrogens with zero attached hydrogens (tertiary/aromatic N) is 3. The van der Waals surface area contributed by atoms with Crippen LogP contribution in [0.3, 0.4) is 0 Å². The van der Waals surface area contributed by atoms with Crippen molar-refractivity contribution in [2.75, 3.05) is 39.8 Å². The fraction of sp³-hybridized carbons (Fsp3) is 0.517. The molecule has 0 saturated heterocycles. The Balaban J connectivity index is 1.85. The Hall–Kier alpha value is -2.50. The van der Waals surface area contributed by atoms with Gasteiger partial charge in [-0.25, -0.2) is 0 Å². The average Bonchev–Trinajstić information content (AvgIpc) is 2.86. The second-order valence-corrected chi connectivity index (χ2v) is 8.85. The molecule has 0 aliphatic heterocycles. The Bertz CT molecular complexity index is 815. The highest BCUT2D eigenvalue weighted by molar-refractivity contribution is 5.79. The van der Waals surface area contributed by atoms with Crippen LogP contribution in [0.15, 0.2) is 59.6 Å². The lowest BCUT2D eigenvalue weighted by Gasteiger charge is -2.24. The van der Waals surface area contributed by atoms with Crippen molar-refractivity contribution in [2.45, 2.75) is 59.0 Å². The molecule has 0 aliphatic rings. The molecule has 0 aliphatic carbocycles. The first kappa shape index (κ1) is 27.7. The van der Waals surface area contributed by atoms with Crippen LogP contribution in [-0.2, 0) is 22.6 Å². The van der Waals surface area contributed by atoms with E-state index in [0.717, 1.165) is 38.2 Å². The lowest BCUT2D eigenvalue weighted by atomic mass is 10.1. The van der Waals surface area contributed by atoms with E-state index < -0.39 is 0 Å². The molecule has 5 heteroatoms. The highest BCUT2D eigenvalue weighted by atomic mass is 16.5. The molecular weight excluding hydrogens is 422 g/mol. The van der Waals surface area contributed by atoms with E-state index in [4.69, 9.17) is 4.74 Å². The number of carbonyl (C=O) groups is 1. The molecule has 0 N–H and O–H groups in total. The fourth-order valence-electron chi connectivity index (χ4n) is 4.06. The normalized spacial score (nSPS) is 11.6. The Morgan fingerprint density at radius 2 is 1.44 bits per heavy atom. The molecule has 0 aromatic heterocycles. The van der Waals surface area contributed by atoms with E-state index in [1.165, 1.54) is 50.6 Å². The van der Waals surface area contributed by atoms with Gasteiger partial charge in [-0.3, -0.25) is 14.7 Å². The quantitative estimate of drug-likeness (QED) is 0.174. The lowest BCUT2D eigenvalue weighted by molar-refractivity contribution is -0.141. The van der Waals surface area contributed by atoms with E-state index in [1.807, 2.05) is 24.4 Å². The predicted octanol–water partition coefficient (Wildman–Crippen LogP) is 5.57. The number of esters is 1. The molecule has 2 rings (SSSR count). The molecule has 2 aromatic carbocycles. The van der Waals surface area contributed by atoms with Crippen molar-refractivity contribution in [1.82, 2.24) is 9.80 Å². The van der Waals surface area contributed by atoms with Crippen LogP contribution in [0.25, 0.3) is 0 Å². The molecule has 0 spiro atoms. The van der Waals surface area contributed by atoms with E-state index in [1.54, 1.807) is 0 Å². The van der Waals surface area contributed by atoms with Crippen LogP contribution < -0.4 is 0 Å². The number of ether oxygens (including phenoxy) is 1. The van der Waals surface area contributed by atoms with Crippen LogP contribution in [-0.4, -0.2) is 61.8 Å². The zero-order valence-corrected chi connectivity index (χ0v) is 21.4. The number of rotatable bonds is 17. The molecular formula is C29H43N3O2. The molecule has 0 bridgehead atoms. The highest BCUT2D eigenvalue weighted by Crippen LogP contribution is 2.11. The van der Waals surface area contributed by atoms with Gasteiger partial charge in [0.05, 0.1) is 20.1 Å². The Morgan fingerprint density at radius 3 is 2.06 bits per heavy atom. The van der Waals surface area contributed by atoms with Crippen molar-refractivity contribution in [3.8, 4) is 0 Å². The third-order valence-electron chi connectivity index (χ3n) is 5.88. The number of hydrogen-bond donors (Lipinski definition) is 0. The van der Waals surface area contributed by atoms with Gasteiger partial charge >= 0.3 is 5.97 Å². The van der Waals surface area contributed by atoms with Crippen molar-refractivity contribution >= 4 is 12.2 Å². The summed E-state index contributed by atoms with van der Waals surface area (Å²) in [6, 6.07) is 18.8. The third-order valence-corrected chi connectivity index (χ3v) is 5.88. The van der Waals surface area contributed by atoms with Crippen LogP contribution in [0.2, 0.25) is 0 Å². The van der Waals surface area contributed by atoms with E-state index in [9.17, 15) is 4.79 Å². The first-order valence-corrected chi connectivity index (χ1v) is 12.8. The van der Waals surface area contributed by atoms with Crippen LogP contribution >= 0.6 is 0 Å². The second-order valence-electron chi connectivity index (χ2n) is 8.85. The van der Waals surface area contributed by atoms with Gasteiger partial charge in [-0.15, -0.1) is 0 Å². The SMILES string of the molecule is CCCN(CCC)CCCCN(CCC(=O)OC)Cc1ccc(CN=Cc2ccccc2)cc1. The summed E-state index contributed by atoms with van der Waals surface area (Å²) in [5.74, 6) is -0.145. The molecule has 0 heterocycles. The van der Waals surface area contributed by atoms with Crippen LogP contribution in [0, 0.1) is 0 Å². The minimum atomic E-state index is -0.145. The molecule has 0 radical (unpaired) electrons. The largest absolute Gasteiger partial charge is 0.469 e. The summed E-state index contributed by atoms with van der Waals surface area (Å²) >= 11 is 0. The summed E-state index contributed by atoms with van der Waals surface area (Å²) in [6.07, 6.45) is 7.09. The third kappa shape index (κ3) is 11.6. The lowest BCUT2D eigenvalue weighted by Crippen LogP contribution is -2.29. The molecule has 0 saturated carbocycles. The van der Waals surface area contributed by atoms with E-state index in [0.29, 0.717) is 13.0 Å². The number of benzene rings is 2. The standard InChI is InChI=1S/C29H43N3O2/c1-4-18-31(19-5-2)20-9-10-21-32(22-17-29(33)34-3)25-28-15-13-27(14-16-28)24-30-23-26-11-7-6-8-12-26/h6-8,11-16,23H,4-5,9-10,17-22,24-25H2,1-3H3. The molecule has 5 nitrogen and oxygen atoms in total. The van der Waals surface area contributed by atoms with Crippen molar-refractivity contribution < 1.29 is 9.53 Å². The zero-order valence-electron chi connectivity index (χ0n) is 21.4. The number of methoxy groups -OCH3 is 1. The summed E-state index contributed by atoms with van der Waals surface area (Å²) in [5.41, 5.74) is 3.58. The second kappa shape index (κ2) is 17.0. The summed E-state index contributed by atoms with van der Waals surface area (Å²) in [4.78, 5) is 21.2. The molecule has 2 aromatic rings. The molecule has 0 amide bonds. The van der Waals surface area contributed by atoms with Gasteiger partial charge in [-0.1, -0.05) is 68.4 Å². The number of carbonyl (C=O) groups excluding carboxylic acids is 1. The monoisotopic (exact) mass is 465 g/mol. The molecule has 0 unspecified atom stereocenters. The van der Waals surface area contributed by atoms with Crippen molar-refractivity contribution in [3.63, 3.8) is 0 Å². The topological polar surface area (TPSA) is 45.1 Å². The molecule has 0 atom stereocenters. The van der Waals surface area contributed by atoms with Gasteiger partial charge in [0.1, 0.15) is 0 Å². The van der Waals surface area contributed by atoms with Crippen LogP contribution in [0.5, 0.6) is 0 Å². The van der Waals surface area contributed by atoms with Gasteiger partial charge in [0, 0.05) is 19.3 Å². The molecule has 0 fully saturated rings. The first-order valence-electron chi connectivity index (χ1n) is 12.8. The van der Waals surface area contributed by atoms with Gasteiger partial charge in [-0.2, -0.15) is 0 Å². The van der Waals surface area contributed by atoms with Crippen molar-refractivity contribution in [3.05, 3.63) is 71.3 Å². The maximum Gasteiger partial charge on any atom is 0.306 e. The van der Waals surface area contributed by atoms with Crippen molar-refractivity contribution in [2.24, 2.45) is 4.99 Å². The smallest absolute Gasteiger partial charge is 0.306 e. The van der Waals surface area contributed by atoms with Crippen LogP contribution in [0.1, 0.15) is 62.6 Å². The highest BCUT2D eigenvalue weighted by Gasteiger charge is 2.10. The summed E-state index contributed by atoms with van der Waals surface area (Å²) in [6.45, 7) is 11.3. The first-order chi connectivity index (χ1) is 16.6. The fourth-order valence-corrected chi connectivity index (χ4v) is 4.06. The van der Waals surface area contributed by atoms with E-state index in [-0.39, 0.29) is 5.97 Å². The van der Waals surface area contributed by atoms with Gasteiger partial charge in [0.15, 0.2) is 0 Å². The maximum absolute atomic E-state index is 11.7. The predicted molar refractivity (Wildman–Crippen MR) is 142 cm³/mol. The Morgan fingerprint density at radius 1 is 0.824 bits per heavy atom. The Kier molecular flexibility index (Phi) is 13.9. The van der Waals surface area contributed by atoms with Gasteiger partial charge in [-0.05, 0) is 68.6 Å². The van der Waals surface area contributed by atoms with Gasteiger partial charge in [0.25, 0.3) is 0 Å². The Labute approximate surface area is 206 Å². The average molecular weight is 466 g/mol. The number of unbranched alkanes of at least 4 members (excludes halogenated alkanes) is 1. The summed E-state index contributed by atoms with van der Waals surface area (Å²) in [5, 5.41) is 0. The molecule has 34 heavy (non-hydrogen) atoms. The van der Waals surface area contributed by atoms with Gasteiger partial charge < -0.3 is 9.64 Å². The van der Waals surface area contributed by atoms with E-state index >= 15 is 0 Å². The maximum atomic E-state index is 11.7. The molecule has 186 valence electrons. The van der Waals surface area contributed by atoms with E-state index in [2.05, 4.69) is 65.0 Å². The number of aliphatic imine (C=N–C) groups is 1. The zero-order chi connectivity index (χ0) is 24.4. The number of hydrogen-bond acceptors (Lipinski definition) is 5. The van der Waals surface area contributed by atoms with Gasteiger partial charge in [0.2, 0.25) is 0 Å².